The predicted molar refractivity (Wildman–Crippen MR) is 132 cm³/mol. The number of rotatable bonds is 6. The summed E-state index contributed by atoms with van der Waals surface area (Å²) in [5.74, 6) is -0.171. The van der Waals surface area contributed by atoms with Crippen LogP contribution >= 0.6 is 0 Å². The van der Waals surface area contributed by atoms with Crippen LogP contribution < -0.4 is 10.0 Å². The van der Waals surface area contributed by atoms with E-state index in [9.17, 15) is 26.4 Å². The third kappa shape index (κ3) is 5.71. The number of halogens is 3. The van der Waals surface area contributed by atoms with Gasteiger partial charge >= 0.3 is 6.18 Å². The Hall–Kier alpha value is -3.37. The quantitative estimate of drug-likeness (QED) is 0.483. The molecule has 190 valence electrons. The fraction of sp³-hybridized carbons (Fsp3) is 0.269. The summed E-state index contributed by atoms with van der Waals surface area (Å²) in [5, 5.41) is 2.98. The maximum Gasteiger partial charge on any atom is 0.417 e. The minimum Gasteiger partial charge on any atom is -0.388 e. The second kappa shape index (κ2) is 10.3. The normalized spacial score (nSPS) is 15.1. The van der Waals surface area contributed by atoms with Crippen molar-refractivity contribution in [1.82, 2.24) is 9.62 Å². The smallest absolute Gasteiger partial charge is 0.388 e. The molecule has 1 fully saturated rings. The summed E-state index contributed by atoms with van der Waals surface area (Å²) in [6, 6.07) is 18.1. The highest BCUT2D eigenvalue weighted by Crippen LogP contribution is 2.37. The summed E-state index contributed by atoms with van der Waals surface area (Å²) in [7, 11) is -2.67. The first kappa shape index (κ1) is 25.7. The van der Waals surface area contributed by atoms with Crippen molar-refractivity contribution in [1.29, 1.82) is 0 Å². The summed E-state index contributed by atoms with van der Waals surface area (Å²) in [4.78, 5) is 13.6. The number of hydrogen-bond donors (Lipinski definition) is 2. The standard InChI is InChI=1S/C26H26F3N3O3S/c1-30-21-10-7-19(8-11-21)25(33)32-15-13-22(14-16-32)31-36(34,35)24-12-9-20(17-23(24)26(27,28)29)18-5-3-2-4-6-18/h2-12,17,22,30-31H,13-16H2,1H3. The molecule has 1 saturated heterocycles. The zero-order valence-corrected chi connectivity index (χ0v) is 20.4. The van der Waals surface area contributed by atoms with E-state index >= 15 is 0 Å². The first-order valence-electron chi connectivity index (χ1n) is 11.4. The van der Waals surface area contributed by atoms with Crippen molar-refractivity contribution in [2.45, 2.75) is 30.0 Å². The SMILES string of the molecule is CNc1ccc(C(=O)N2CCC(NS(=O)(=O)c3ccc(-c4ccccc4)cc3C(F)(F)F)CC2)cc1. The number of benzene rings is 3. The number of nitrogens with one attached hydrogen (secondary N) is 2. The van der Waals surface area contributed by atoms with Gasteiger partial charge in [0.05, 0.1) is 10.5 Å². The summed E-state index contributed by atoms with van der Waals surface area (Å²) >= 11 is 0. The maximum atomic E-state index is 13.9. The number of carbonyl (C=O) groups excluding carboxylic acids is 1. The molecule has 0 spiro atoms. The van der Waals surface area contributed by atoms with Gasteiger partial charge in [-0.3, -0.25) is 4.79 Å². The molecular weight excluding hydrogens is 491 g/mol. The molecule has 6 nitrogen and oxygen atoms in total. The zero-order valence-electron chi connectivity index (χ0n) is 19.5. The van der Waals surface area contributed by atoms with Crippen molar-refractivity contribution in [3.05, 3.63) is 83.9 Å². The van der Waals surface area contributed by atoms with Crippen LogP contribution in [0.1, 0.15) is 28.8 Å². The number of piperidine rings is 1. The molecule has 1 aliphatic heterocycles. The van der Waals surface area contributed by atoms with E-state index in [1.807, 2.05) is 0 Å². The van der Waals surface area contributed by atoms with Gasteiger partial charge in [0, 0.05) is 37.4 Å². The second-order valence-corrected chi connectivity index (χ2v) is 10.3. The summed E-state index contributed by atoms with van der Waals surface area (Å²) in [6.45, 7) is 0.581. The number of likely N-dealkylation sites (tertiary alicyclic amines) is 1. The topological polar surface area (TPSA) is 78.5 Å². The molecule has 36 heavy (non-hydrogen) atoms. The molecule has 1 amide bonds. The molecule has 4 rings (SSSR count). The average molecular weight is 518 g/mol. The first-order chi connectivity index (χ1) is 17.1. The van der Waals surface area contributed by atoms with Gasteiger partial charge in [-0.2, -0.15) is 13.2 Å². The lowest BCUT2D eigenvalue weighted by Crippen LogP contribution is -2.46. The number of sulfonamides is 1. The molecule has 1 aliphatic rings. The Morgan fingerprint density at radius 3 is 2.14 bits per heavy atom. The predicted octanol–water partition coefficient (Wildman–Crippen LogP) is 5.00. The van der Waals surface area contributed by atoms with Gasteiger partial charge in [-0.25, -0.2) is 13.1 Å². The fourth-order valence-corrected chi connectivity index (χ4v) is 5.75. The molecule has 0 atom stereocenters. The van der Waals surface area contributed by atoms with Crippen LogP contribution in [0.15, 0.2) is 77.7 Å². The molecular formula is C26H26F3N3O3S. The number of alkyl halides is 3. The highest BCUT2D eigenvalue weighted by Gasteiger charge is 2.38. The molecule has 1 heterocycles. The molecule has 0 aliphatic carbocycles. The molecule has 3 aromatic rings. The van der Waals surface area contributed by atoms with E-state index in [0.29, 0.717) is 37.1 Å². The van der Waals surface area contributed by atoms with Crippen LogP contribution in [0.4, 0.5) is 18.9 Å². The number of carbonyl (C=O) groups is 1. The highest BCUT2D eigenvalue weighted by atomic mass is 32.2. The van der Waals surface area contributed by atoms with E-state index in [-0.39, 0.29) is 11.5 Å². The van der Waals surface area contributed by atoms with Crippen molar-refractivity contribution >= 4 is 21.6 Å². The number of nitrogens with zero attached hydrogens (tertiary/aromatic N) is 1. The molecule has 0 radical (unpaired) electrons. The zero-order chi connectivity index (χ0) is 25.9. The number of anilines is 1. The largest absolute Gasteiger partial charge is 0.417 e. The Morgan fingerprint density at radius 2 is 1.56 bits per heavy atom. The Morgan fingerprint density at radius 1 is 0.917 bits per heavy atom. The van der Waals surface area contributed by atoms with E-state index < -0.39 is 32.7 Å². The summed E-state index contributed by atoms with van der Waals surface area (Å²) in [5.41, 5.74) is 0.999. The van der Waals surface area contributed by atoms with Crippen molar-refractivity contribution in [3.63, 3.8) is 0 Å². The third-order valence-corrected chi connectivity index (χ3v) is 7.78. The number of amides is 1. The molecule has 0 unspecified atom stereocenters. The summed E-state index contributed by atoms with van der Waals surface area (Å²) in [6.07, 6.45) is -4.26. The van der Waals surface area contributed by atoms with Crippen LogP contribution in [0, 0.1) is 0 Å². The van der Waals surface area contributed by atoms with Crippen LogP contribution in [-0.2, 0) is 16.2 Å². The van der Waals surface area contributed by atoms with Gasteiger partial charge in [-0.05, 0) is 60.4 Å². The van der Waals surface area contributed by atoms with Crippen LogP contribution in [0.2, 0.25) is 0 Å². The van der Waals surface area contributed by atoms with Gasteiger partial charge in [0.1, 0.15) is 0 Å². The Kier molecular flexibility index (Phi) is 7.37. The van der Waals surface area contributed by atoms with E-state index in [0.717, 1.165) is 17.8 Å². The lowest BCUT2D eigenvalue weighted by molar-refractivity contribution is -0.139. The number of hydrogen-bond acceptors (Lipinski definition) is 4. The highest BCUT2D eigenvalue weighted by molar-refractivity contribution is 7.89. The van der Waals surface area contributed by atoms with Crippen LogP contribution in [-0.4, -0.2) is 45.4 Å². The molecule has 0 bridgehead atoms. The van der Waals surface area contributed by atoms with Gasteiger partial charge in [0.15, 0.2) is 0 Å². The maximum absolute atomic E-state index is 13.9. The molecule has 2 N–H and O–H groups in total. The van der Waals surface area contributed by atoms with Crippen molar-refractivity contribution in [3.8, 4) is 11.1 Å². The lowest BCUT2D eigenvalue weighted by atomic mass is 10.0. The van der Waals surface area contributed by atoms with Crippen LogP contribution in [0.5, 0.6) is 0 Å². The summed E-state index contributed by atoms with van der Waals surface area (Å²) < 4.78 is 70.0. The minimum absolute atomic E-state index is 0.171. The fourth-order valence-electron chi connectivity index (χ4n) is 4.24. The van der Waals surface area contributed by atoms with E-state index in [2.05, 4.69) is 10.0 Å². The Balaban J connectivity index is 1.48. The molecule has 3 aromatic carbocycles. The first-order valence-corrected chi connectivity index (χ1v) is 12.9. The van der Waals surface area contributed by atoms with E-state index in [4.69, 9.17) is 0 Å². The third-order valence-electron chi connectivity index (χ3n) is 6.21. The van der Waals surface area contributed by atoms with Gasteiger partial charge in [0.2, 0.25) is 10.0 Å². The molecule has 10 heteroatoms. The van der Waals surface area contributed by atoms with Gasteiger partial charge in [0.25, 0.3) is 5.91 Å². The van der Waals surface area contributed by atoms with Gasteiger partial charge in [-0.15, -0.1) is 0 Å². The Labute approximate surface area is 208 Å². The van der Waals surface area contributed by atoms with Crippen molar-refractivity contribution < 1.29 is 26.4 Å². The van der Waals surface area contributed by atoms with Crippen molar-refractivity contribution in [2.75, 3.05) is 25.5 Å². The lowest BCUT2D eigenvalue weighted by Gasteiger charge is -2.32. The molecule has 0 aromatic heterocycles. The van der Waals surface area contributed by atoms with E-state index in [1.165, 1.54) is 6.07 Å². The monoisotopic (exact) mass is 517 g/mol. The molecule has 0 saturated carbocycles. The van der Waals surface area contributed by atoms with Gasteiger partial charge in [-0.1, -0.05) is 36.4 Å². The van der Waals surface area contributed by atoms with Crippen LogP contribution in [0.25, 0.3) is 11.1 Å². The van der Waals surface area contributed by atoms with Crippen LogP contribution in [0.3, 0.4) is 0 Å². The van der Waals surface area contributed by atoms with E-state index in [1.54, 1.807) is 66.5 Å². The second-order valence-electron chi connectivity index (χ2n) is 8.59. The van der Waals surface area contributed by atoms with Gasteiger partial charge < -0.3 is 10.2 Å². The Bertz CT molecular complexity index is 1320. The minimum atomic E-state index is -4.85. The van der Waals surface area contributed by atoms with Crippen molar-refractivity contribution in [2.24, 2.45) is 0 Å². The average Bonchev–Trinajstić information content (AvgIpc) is 2.88.